The van der Waals surface area contributed by atoms with Crippen LogP contribution in [-0.2, 0) is 10.5 Å². The van der Waals surface area contributed by atoms with E-state index in [1.54, 1.807) is 18.2 Å². The highest BCUT2D eigenvalue weighted by atomic mass is 32.2. The molecular formula is C19H18N2O3S. The van der Waals surface area contributed by atoms with Gasteiger partial charge in [0.15, 0.2) is 0 Å². The van der Waals surface area contributed by atoms with E-state index in [1.165, 1.54) is 29.9 Å². The number of rotatable bonds is 5. The minimum Gasteiger partial charge on any atom is -0.325 e. The molecule has 5 nitrogen and oxygen atoms in total. The van der Waals surface area contributed by atoms with Gasteiger partial charge in [0.2, 0.25) is 5.91 Å². The Morgan fingerprint density at radius 3 is 2.44 bits per heavy atom. The van der Waals surface area contributed by atoms with Crippen LogP contribution in [0.25, 0.3) is 0 Å². The summed E-state index contributed by atoms with van der Waals surface area (Å²) in [5.74, 6) is 0.284. The predicted molar refractivity (Wildman–Crippen MR) is 98.8 cm³/mol. The Morgan fingerprint density at radius 1 is 1.04 bits per heavy atom. The molecule has 3 rings (SSSR count). The molecule has 0 bridgehead atoms. The normalized spacial score (nSPS) is 13.1. The maximum absolute atomic E-state index is 12.1. The molecule has 25 heavy (non-hydrogen) atoms. The van der Waals surface area contributed by atoms with Crippen molar-refractivity contribution in [2.45, 2.75) is 12.7 Å². The summed E-state index contributed by atoms with van der Waals surface area (Å²) in [6.45, 7) is 2.04. The van der Waals surface area contributed by atoms with Crippen molar-refractivity contribution in [1.29, 1.82) is 0 Å². The zero-order chi connectivity index (χ0) is 18.0. The van der Waals surface area contributed by atoms with Crippen LogP contribution in [0.1, 0.15) is 31.8 Å². The van der Waals surface area contributed by atoms with Crippen molar-refractivity contribution in [3.05, 3.63) is 64.7 Å². The molecule has 1 aliphatic heterocycles. The van der Waals surface area contributed by atoms with E-state index < -0.39 is 0 Å². The summed E-state index contributed by atoms with van der Waals surface area (Å²) in [5.41, 5.74) is 3.61. The Bertz CT molecular complexity index is 846. The first kappa shape index (κ1) is 17.2. The summed E-state index contributed by atoms with van der Waals surface area (Å²) >= 11 is 1.53. The molecular weight excluding hydrogens is 336 g/mol. The lowest BCUT2D eigenvalue weighted by Crippen LogP contribution is -2.24. The monoisotopic (exact) mass is 354 g/mol. The number of imide groups is 1. The van der Waals surface area contributed by atoms with E-state index in [1.807, 2.05) is 6.92 Å². The lowest BCUT2D eigenvalue weighted by atomic mass is 10.1. The quantitative estimate of drug-likeness (QED) is 0.838. The van der Waals surface area contributed by atoms with Crippen molar-refractivity contribution in [1.82, 2.24) is 4.90 Å². The van der Waals surface area contributed by atoms with E-state index in [2.05, 4.69) is 29.6 Å². The average Bonchev–Trinajstić information content (AvgIpc) is 2.81. The molecule has 3 amide bonds. The molecule has 0 atom stereocenters. The van der Waals surface area contributed by atoms with E-state index in [4.69, 9.17) is 0 Å². The van der Waals surface area contributed by atoms with Crippen LogP contribution in [0.5, 0.6) is 0 Å². The molecule has 1 aliphatic rings. The Morgan fingerprint density at radius 2 is 1.72 bits per heavy atom. The van der Waals surface area contributed by atoms with Gasteiger partial charge in [-0.3, -0.25) is 19.3 Å². The number of aryl methyl sites for hydroxylation is 1. The number of anilines is 1. The summed E-state index contributed by atoms with van der Waals surface area (Å²) in [7, 11) is 1.45. The van der Waals surface area contributed by atoms with Gasteiger partial charge in [0.05, 0.1) is 16.9 Å². The maximum Gasteiger partial charge on any atom is 0.261 e. The summed E-state index contributed by atoms with van der Waals surface area (Å²) < 4.78 is 0. The summed E-state index contributed by atoms with van der Waals surface area (Å²) in [6.07, 6.45) is 0. The van der Waals surface area contributed by atoms with Crippen LogP contribution in [0.2, 0.25) is 0 Å². The molecule has 0 spiro atoms. The largest absolute Gasteiger partial charge is 0.325 e. The molecule has 0 unspecified atom stereocenters. The molecule has 128 valence electrons. The zero-order valence-electron chi connectivity index (χ0n) is 14.0. The van der Waals surface area contributed by atoms with Crippen LogP contribution < -0.4 is 5.32 Å². The Hall–Kier alpha value is -2.60. The number of hydrogen-bond donors (Lipinski definition) is 1. The van der Waals surface area contributed by atoms with E-state index >= 15 is 0 Å². The number of hydrogen-bond acceptors (Lipinski definition) is 4. The molecule has 0 aromatic heterocycles. The van der Waals surface area contributed by atoms with Gasteiger partial charge >= 0.3 is 0 Å². The second kappa shape index (κ2) is 7.11. The summed E-state index contributed by atoms with van der Waals surface area (Å²) in [4.78, 5) is 37.0. The van der Waals surface area contributed by atoms with Crippen LogP contribution in [-0.4, -0.2) is 35.4 Å². The number of fused-ring (bicyclic) bond motifs is 1. The van der Waals surface area contributed by atoms with Crippen molar-refractivity contribution in [3.8, 4) is 0 Å². The number of benzene rings is 2. The molecule has 0 aliphatic carbocycles. The first-order valence-electron chi connectivity index (χ1n) is 7.85. The van der Waals surface area contributed by atoms with Gasteiger partial charge in [0.25, 0.3) is 11.8 Å². The number of thioether (sulfide) groups is 1. The third kappa shape index (κ3) is 3.74. The highest BCUT2D eigenvalue weighted by Crippen LogP contribution is 2.25. The third-order valence-electron chi connectivity index (χ3n) is 4.00. The maximum atomic E-state index is 12.1. The second-order valence-electron chi connectivity index (χ2n) is 5.96. The van der Waals surface area contributed by atoms with Crippen molar-refractivity contribution in [3.63, 3.8) is 0 Å². The fourth-order valence-electron chi connectivity index (χ4n) is 2.58. The van der Waals surface area contributed by atoms with Crippen molar-refractivity contribution in [2.75, 3.05) is 18.1 Å². The standard InChI is InChI=1S/C19H18N2O3S/c1-12-3-5-13(6-4-12)10-25-11-17(22)20-14-7-8-15-16(9-14)19(24)21(2)18(15)23/h3-9H,10-11H2,1-2H3,(H,20,22). The Balaban J connectivity index is 1.56. The van der Waals surface area contributed by atoms with Crippen molar-refractivity contribution >= 4 is 35.2 Å². The Labute approximate surface area is 150 Å². The van der Waals surface area contributed by atoms with E-state index in [9.17, 15) is 14.4 Å². The predicted octanol–water partition coefficient (Wildman–Crippen LogP) is 3.09. The molecule has 1 N–H and O–H groups in total. The lowest BCUT2D eigenvalue weighted by Gasteiger charge is -2.06. The fraction of sp³-hybridized carbons (Fsp3) is 0.211. The van der Waals surface area contributed by atoms with Gasteiger partial charge < -0.3 is 5.32 Å². The minimum absolute atomic E-state index is 0.137. The highest BCUT2D eigenvalue weighted by Gasteiger charge is 2.32. The fourth-order valence-corrected chi connectivity index (χ4v) is 3.37. The van der Waals surface area contributed by atoms with Gasteiger partial charge in [-0.1, -0.05) is 29.8 Å². The molecule has 0 saturated carbocycles. The molecule has 1 heterocycles. The molecule has 6 heteroatoms. The van der Waals surface area contributed by atoms with Crippen molar-refractivity contribution in [2.24, 2.45) is 0 Å². The summed E-state index contributed by atoms with van der Waals surface area (Å²) in [5, 5.41) is 2.78. The van der Waals surface area contributed by atoms with Crippen LogP contribution in [0.15, 0.2) is 42.5 Å². The van der Waals surface area contributed by atoms with Gasteiger partial charge in [0, 0.05) is 18.5 Å². The van der Waals surface area contributed by atoms with Gasteiger partial charge in [0.1, 0.15) is 0 Å². The number of carbonyl (C=O) groups excluding carboxylic acids is 3. The Kier molecular flexibility index (Phi) is 4.90. The van der Waals surface area contributed by atoms with Gasteiger partial charge in [-0.05, 0) is 30.7 Å². The molecule has 2 aromatic carbocycles. The van der Waals surface area contributed by atoms with E-state index in [0.717, 1.165) is 10.7 Å². The lowest BCUT2D eigenvalue weighted by molar-refractivity contribution is -0.113. The van der Waals surface area contributed by atoms with Crippen LogP contribution in [0, 0.1) is 6.92 Å². The number of amides is 3. The van der Waals surface area contributed by atoms with E-state index in [-0.39, 0.29) is 17.7 Å². The number of nitrogens with one attached hydrogen (secondary N) is 1. The number of nitrogens with zero attached hydrogens (tertiary/aromatic N) is 1. The second-order valence-corrected chi connectivity index (χ2v) is 6.94. The average molecular weight is 354 g/mol. The number of carbonyl (C=O) groups is 3. The molecule has 0 radical (unpaired) electrons. The first-order chi connectivity index (χ1) is 12.0. The van der Waals surface area contributed by atoms with Crippen LogP contribution in [0.4, 0.5) is 5.69 Å². The first-order valence-corrected chi connectivity index (χ1v) is 9.01. The van der Waals surface area contributed by atoms with Crippen LogP contribution >= 0.6 is 11.8 Å². The third-order valence-corrected chi connectivity index (χ3v) is 5.00. The molecule has 0 saturated heterocycles. The smallest absolute Gasteiger partial charge is 0.261 e. The van der Waals surface area contributed by atoms with Gasteiger partial charge in [-0.2, -0.15) is 0 Å². The van der Waals surface area contributed by atoms with Gasteiger partial charge in [-0.25, -0.2) is 0 Å². The molecule has 0 fully saturated rings. The highest BCUT2D eigenvalue weighted by molar-refractivity contribution is 7.99. The minimum atomic E-state index is -0.343. The molecule has 2 aromatic rings. The zero-order valence-corrected chi connectivity index (χ0v) is 14.9. The topological polar surface area (TPSA) is 66.5 Å². The van der Waals surface area contributed by atoms with Crippen molar-refractivity contribution < 1.29 is 14.4 Å². The SMILES string of the molecule is Cc1ccc(CSCC(=O)Nc2ccc3c(c2)C(=O)N(C)C3=O)cc1. The summed E-state index contributed by atoms with van der Waals surface area (Å²) in [6, 6.07) is 13.0. The van der Waals surface area contributed by atoms with Crippen LogP contribution in [0.3, 0.4) is 0 Å². The van der Waals surface area contributed by atoms with E-state index in [0.29, 0.717) is 22.6 Å². The van der Waals surface area contributed by atoms with Gasteiger partial charge in [-0.15, -0.1) is 11.8 Å².